The van der Waals surface area contributed by atoms with Crippen LogP contribution in [-0.4, -0.2) is 29.3 Å². The number of carbonyl (C=O) groups is 2. The van der Waals surface area contributed by atoms with Crippen LogP contribution in [0.5, 0.6) is 0 Å². The number of amides is 1. The standard InChI is InChI=1S/C6H10O2.C4H9NOS/c1-3-4-5(2)6(7)8;1-4(6)5-2-3-7/h3-5H,1-2H3,(H,7,8);7H,2-3H2,1H3,(H,5,6). The highest BCUT2D eigenvalue weighted by atomic mass is 32.1. The van der Waals surface area contributed by atoms with Crippen molar-refractivity contribution in [2.45, 2.75) is 20.8 Å². The molecule has 0 aliphatic rings. The normalized spacial score (nSPS) is 11.5. The quantitative estimate of drug-likeness (QED) is 0.507. The summed E-state index contributed by atoms with van der Waals surface area (Å²) < 4.78 is 0. The molecule has 0 aromatic heterocycles. The molecule has 0 rings (SSSR count). The molecule has 1 unspecified atom stereocenters. The highest BCUT2D eigenvalue weighted by molar-refractivity contribution is 7.80. The number of nitrogens with one attached hydrogen (secondary N) is 1. The zero-order valence-corrected chi connectivity index (χ0v) is 10.3. The van der Waals surface area contributed by atoms with Gasteiger partial charge < -0.3 is 10.4 Å². The highest BCUT2D eigenvalue weighted by Gasteiger charge is 2.03. The molecule has 15 heavy (non-hydrogen) atoms. The number of hydrogen-bond donors (Lipinski definition) is 3. The molecule has 88 valence electrons. The molecule has 0 radical (unpaired) electrons. The average molecular weight is 233 g/mol. The van der Waals surface area contributed by atoms with Crippen molar-refractivity contribution in [2.75, 3.05) is 12.3 Å². The predicted molar refractivity (Wildman–Crippen MR) is 64.2 cm³/mol. The number of thiol groups is 1. The Hall–Kier alpha value is -0.970. The van der Waals surface area contributed by atoms with Crippen molar-refractivity contribution in [2.24, 2.45) is 5.92 Å². The Labute approximate surface area is 96.2 Å². The molecular formula is C10H19NO3S. The summed E-state index contributed by atoms with van der Waals surface area (Å²) >= 11 is 3.88. The third kappa shape index (κ3) is 15.8. The number of aliphatic carboxylic acids is 1. The second-order valence-corrected chi connectivity index (χ2v) is 3.31. The summed E-state index contributed by atoms with van der Waals surface area (Å²) in [6.45, 7) is 5.60. The Bertz CT molecular complexity index is 217. The smallest absolute Gasteiger partial charge is 0.310 e. The first-order chi connectivity index (χ1) is 6.95. The summed E-state index contributed by atoms with van der Waals surface area (Å²) in [5.74, 6) is -0.406. The van der Waals surface area contributed by atoms with Gasteiger partial charge in [0.05, 0.1) is 5.92 Å². The highest BCUT2D eigenvalue weighted by Crippen LogP contribution is 1.94. The van der Waals surface area contributed by atoms with Crippen molar-refractivity contribution in [1.82, 2.24) is 5.32 Å². The van der Waals surface area contributed by atoms with Crippen LogP contribution in [-0.2, 0) is 9.59 Å². The lowest BCUT2D eigenvalue weighted by Gasteiger charge is -1.93. The molecule has 1 amide bonds. The number of hydrogen-bond acceptors (Lipinski definition) is 3. The summed E-state index contributed by atoms with van der Waals surface area (Å²) in [4.78, 5) is 20.1. The number of carboxylic acids is 1. The second kappa shape index (κ2) is 11.1. The van der Waals surface area contributed by atoms with E-state index in [9.17, 15) is 9.59 Å². The molecule has 0 aromatic carbocycles. The maximum Gasteiger partial charge on any atom is 0.310 e. The van der Waals surface area contributed by atoms with Crippen molar-refractivity contribution in [3.63, 3.8) is 0 Å². The third-order valence-electron chi connectivity index (χ3n) is 1.36. The number of carboxylic acid groups (broad SMARTS) is 1. The molecule has 0 aliphatic carbocycles. The van der Waals surface area contributed by atoms with Crippen LogP contribution >= 0.6 is 12.6 Å². The van der Waals surface area contributed by atoms with Crippen LogP contribution in [0.15, 0.2) is 12.2 Å². The van der Waals surface area contributed by atoms with Gasteiger partial charge in [-0.15, -0.1) is 0 Å². The first kappa shape index (κ1) is 16.5. The van der Waals surface area contributed by atoms with Gasteiger partial charge in [-0.05, 0) is 13.8 Å². The third-order valence-corrected chi connectivity index (χ3v) is 1.58. The first-order valence-corrected chi connectivity index (χ1v) is 5.29. The van der Waals surface area contributed by atoms with Crippen LogP contribution in [0.3, 0.4) is 0 Å². The minimum absolute atomic E-state index is 0.00838. The first-order valence-electron chi connectivity index (χ1n) is 4.66. The number of carbonyl (C=O) groups excluding carboxylic acids is 1. The van der Waals surface area contributed by atoms with Crippen molar-refractivity contribution < 1.29 is 14.7 Å². The fourth-order valence-electron chi connectivity index (χ4n) is 0.603. The minimum atomic E-state index is -0.775. The molecule has 4 nitrogen and oxygen atoms in total. The van der Waals surface area contributed by atoms with E-state index >= 15 is 0 Å². The van der Waals surface area contributed by atoms with Crippen molar-refractivity contribution in [3.8, 4) is 0 Å². The zero-order valence-electron chi connectivity index (χ0n) is 9.36. The molecule has 0 saturated heterocycles. The number of allylic oxidation sites excluding steroid dienone is 1. The van der Waals surface area contributed by atoms with E-state index in [1.165, 1.54) is 6.92 Å². The monoisotopic (exact) mass is 233 g/mol. The molecule has 0 aromatic rings. The molecular weight excluding hydrogens is 214 g/mol. The van der Waals surface area contributed by atoms with Crippen molar-refractivity contribution >= 4 is 24.5 Å². The predicted octanol–water partition coefficient (Wildman–Crippen LogP) is 1.34. The van der Waals surface area contributed by atoms with E-state index in [4.69, 9.17) is 5.11 Å². The molecule has 0 bridgehead atoms. The fraction of sp³-hybridized carbons (Fsp3) is 0.600. The van der Waals surface area contributed by atoms with Gasteiger partial charge in [0, 0.05) is 19.2 Å². The maximum atomic E-state index is 10.1. The lowest BCUT2D eigenvalue weighted by molar-refractivity contribution is -0.139. The summed E-state index contributed by atoms with van der Waals surface area (Å²) in [7, 11) is 0. The fourth-order valence-corrected chi connectivity index (χ4v) is 0.715. The summed E-state index contributed by atoms with van der Waals surface area (Å²) in [5.41, 5.74) is 0. The average Bonchev–Trinajstić information content (AvgIpc) is 2.16. The van der Waals surface area contributed by atoms with Gasteiger partial charge in [0.15, 0.2) is 0 Å². The molecule has 0 fully saturated rings. The van der Waals surface area contributed by atoms with Gasteiger partial charge in [0.1, 0.15) is 0 Å². The maximum absolute atomic E-state index is 10.1. The Kier molecular flexibility index (Phi) is 12.2. The minimum Gasteiger partial charge on any atom is -0.481 e. The molecule has 5 heteroatoms. The Morgan fingerprint density at radius 3 is 2.20 bits per heavy atom. The Morgan fingerprint density at radius 2 is 2.07 bits per heavy atom. The van der Waals surface area contributed by atoms with E-state index < -0.39 is 5.97 Å². The second-order valence-electron chi connectivity index (χ2n) is 2.86. The molecule has 1 atom stereocenters. The molecule has 0 heterocycles. The van der Waals surface area contributed by atoms with Gasteiger partial charge in [-0.2, -0.15) is 12.6 Å². The molecule has 0 saturated carbocycles. The van der Waals surface area contributed by atoms with Gasteiger partial charge >= 0.3 is 5.97 Å². The van der Waals surface area contributed by atoms with Crippen LogP contribution in [0.4, 0.5) is 0 Å². The van der Waals surface area contributed by atoms with Crippen LogP contribution in [0.1, 0.15) is 20.8 Å². The van der Waals surface area contributed by atoms with E-state index in [0.717, 1.165) is 0 Å². The van der Waals surface area contributed by atoms with Gasteiger partial charge in [-0.1, -0.05) is 12.2 Å². The van der Waals surface area contributed by atoms with Gasteiger partial charge in [0.25, 0.3) is 0 Å². The zero-order chi connectivity index (χ0) is 12.3. The van der Waals surface area contributed by atoms with Crippen LogP contribution in [0.25, 0.3) is 0 Å². The molecule has 0 spiro atoms. The lowest BCUT2D eigenvalue weighted by Crippen LogP contribution is -2.21. The van der Waals surface area contributed by atoms with E-state index in [1.54, 1.807) is 26.0 Å². The Balaban J connectivity index is 0. The van der Waals surface area contributed by atoms with Gasteiger partial charge in [-0.25, -0.2) is 0 Å². The van der Waals surface area contributed by atoms with Crippen LogP contribution in [0, 0.1) is 5.92 Å². The molecule has 2 N–H and O–H groups in total. The van der Waals surface area contributed by atoms with E-state index in [-0.39, 0.29) is 11.8 Å². The van der Waals surface area contributed by atoms with Crippen molar-refractivity contribution in [1.29, 1.82) is 0 Å². The van der Waals surface area contributed by atoms with Crippen molar-refractivity contribution in [3.05, 3.63) is 12.2 Å². The Morgan fingerprint density at radius 1 is 1.53 bits per heavy atom. The summed E-state index contributed by atoms with van der Waals surface area (Å²) in [5, 5.41) is 10.8. The van der Waals surface area contributed by atoms with Crippen LogP contribution < -0.4 is 5.32 Å². The van der Waals surface area contributed by atoms with Gasteiger partial charge in [0.2, 0.25) is 5.91 Å². The van der Waals surface area contributed by atoms with E-state index in [1.807, 2.05) is 0 Å². The summed E-state index contributed by atoms with van der Waals surface area (Å²) in [6, 6.07) is 0. The number of rotatable bonds is 4. The summed E-state index contributed by atoms with van der Waals surface area (Å²) in [6.07, 6.45) is 3.38. The van der Waals surface area contributed by atoms with E-state index in [0.29, 0.717) is 12.3 Å². The van der Waals surface area contributed by atoms with Crippen LogP contribution in [0.2, 0.25) is 0 Å². The largest absolute Gasteiger partial charge is 0.481 e. The lowest BCUT2D eigenvalue weighted by atomic mass is 10.2. The topological polar surface area (TPSA) is 66.4 Å². The molecule has 0 aliphatic heterocycles. The van der Waals surface area contributed by atoms with E-state index in [2.05, 4.69) is 17.9 Å². The SMILES string of the molecule is CC(=O)NCCS.CC=CC(C)C(=O)O. The van der Waals surface area contributed by atoms with Gasteiger partial charge in [-0.3, -0.25) is 9.59 Å².